The molecule has 2 saturated heterocycles. The van der Waals surface area contributed by atoms with Crippen molar-refractivity contribution in [3.63, 3.8) is 0 Å². The van der Waals surface area contributed by atoms with Crippen molar-refractivity contribution in [2.45, 2.75) is 19.8 Å². The van der Waals surface area contributed by atoms with Gasteiger partial charge in [-0.1, -0.05) is 18.2 Å². The van der Waals surface area contributed by atoms with Gasteiger partial charge in [0.25, 0.3) is 5.91 Å². The standard InChI is InChI=1S/C20H24N6O3/c1-15-17(22-26(21-15)16-7-3-2-4-8-16)18(27)24-11-13-25(14-12-24)20(29)19(28)23-9-5-6-10-23/h2-4,7-8H,5-6,9-14H2,1H3. The van der Waals surface area contributed by atoms with E-state index in [1.165, 1.54) is 9.70 Å². The molecule has 4 rings (SSSR count). The van der Waals surface area contributed by atoms with E-state index in [1.54, 1.807) is 16.7 Å². The van der Waals surface area contributed by atoms with Crippen LogP contribution in [-0.4, -0.2) is 86.7 Å². The summed E-state index contributed by atoms with van der Waals surface area (Å²) < 4.78 is 0. The molecule has 0 radical (unpaired) electrons. The average molecular weight is 396 g/mol. The van der Waals surface area contributed by atoms with E-state index in [-0.39, 0.29) is 5.91 Å². The molecule has 2 aliphatic rings. The van der Waals surface area contributed by atoms with E-state index in [0.717, 1.165) is 18.5 Å². The number of para-hydroxylation sites is 1. The molecule has 0 spiro atoms. The molecule has 9 nitrogen and oxygen atoms in total. The van der Waals surface area contributed by atoms with Crippen molar-refractivity contribution in [1.29, 1.82) is 0 Å². The first-order chi connectivity index (χ1) is 14.0. The van der Waals surface area contributed by atoms with Crippen molar-refractivity contribution in [2.75, 3.05) is 39.3 Å². The Morgan fingerprint density at radius 2 is 1.31 bits per heavy atom. The van der Waals surface area contributed by atoms with Crippen LogP contribution in [0.15, 0.2) is 30.3 Å². The minimum absolute atomic E-state index is 0.206. The maximum Gasteiger partial charge on any atom is 0.312 e. The second-order valence-corrected chi connectivity index (χ2v) is 7.34. The molecular weight excluding hydrogens is 372 g/mol. The zero-order valence-electron chi connectivity index (χ0n) is 16.5. The monoisotopic (exact) mass is 396 g/mol. The van der Waals surface area contributed by atoms with E-state index in [2.05, 4.69) is 10.2 Å². The zero-order valence-corrected chi connectivity index (χ0v) is 16.5. The van der Waals surface area contributed by atoms with Crippen LogP contribution in [0.3, 0.4) is 0 Å². The molecule has 0 aliphatic carbocycles. The maximum absolute atomic E-state index is 12.9. The van der Waals surface area contributed by atoms with Crippen molar-refractivity contribution >= 4 is 17.7 Å². The highest BCUT2D eigenvalue weighted by Gasteiger charge is 2.32. The number of carbonyl (C=O) groups excluding carboxylic acids is 3. The summed E-state index contributed by atoms with van der Waals surface area (Å²) in [6.45, 7) is 4.49. The molecule has 29 heavy (non-hydrogen) atoms. The molecular formula is C20H24N6O3. The van der Waals surface area contributed by atoms with Crippen LogP contribution in [0, 0.1) is 6.92 Å². The van der Waals surface area contributed by atoms with Gasteiger partial charge in [-0.2, -0.15) is 9.90 Å². The van der Waals surface area contributed by atoms with Crippen LogP contribution in [0.1, 0.15) is 29.0 Å². The van der Waals surface area contributed by atoms with E-state index in [4.69, 9.17) is 0 Å². The number of benzene rings is 1. The molecule has 1 aromatic heterocycles. The highest BCUT2D eigenvalue weighted by Crippen LogP contribution is 2.14. The number of aryl methyl sites for hydroxylation is 1. The molecule has 152 valence electrons. The lowest BCUT2D eigenvalue weighted by molar-refractivity contribution is -0.152. The molecule has 3 heterocycles. The second-order valence-electron chi connectivity index (χ2n) is 7.34. The Kier molecular flexibility index (Phi) is 5.28. The van der Waals surface area contributed by atoms with Crippen LogP contribution in [0.25, 0.3) is 5.69 Å². The number of hydrogen-bond donors (Lipinski definition) is 0. The average Bonchev–Trinajstić information content (AvgIpc) is 3.43. The van der Waals surface area contributed by atoms with Crippen molar-refractivity contribution in [1.82, 2.24) is 29.7 Å². The third-order valence-corrected chi connectivity index (χ3v) is 5.40. The molecule has 9 heteroatoms. The van der Waals surface area contributed by atoms with Gasteiger partial charge in [0, 0.05) is 39.3 Å². The van der Waals surface area contributed by atoms with Gasteiger partial charge in [-0.15, -0.1) is 5.10 Å². The molecule has 0 saturated carbocycles. The van der Waals surface area contributed by atoms with Gasteiger partial charge in [0.15, 0.2) is 5.69 Å². The number of likely N-dealkylation sites (tertiary alicyclic amines) is 1. The van der Waals surface area contributed by atoms with Crippen molar-refractivity contribution in [3.8, 4) is 5.69 Å². The molecule has 3 amide bonds. The summed E-state index contributed by atoms with van der Waals surface area (Å²) in [5.74, 6) is -1.10. The largest absolute Gasteiger partial charge is 0.334 e. The van der Waals surface area contributed by atoms with Gasteiger partial charge in [-0.05, 0) is 31.9 Å². The van der Waals surface area contributed by atoms with Crippen LogP contribution < -0.4 is 0 Å². The first-order valence-corrected chi connectivity index (χ1v) is 9.91. The van der Waals surface area contributed by atoms with Crippen LogP contribution in [0.4, 0.5) is 0 Å². The Morgan fingerprint density at radius 3 is 1.93 bits per heavy atom. The van der Waals surface area contributed by atoms with Gasteiger partial charge in [-0.25, -0.2) is 0 Å². The van der Waals surface area contributed by atoms with Gasteiger partial charge < -0.3 is 14.7 Å². The summed E-state index contributed by atoms with van der Waals surface area (Å²) in [5.41, 5.74) is 1.65. The molecule has 2 aliphatic heterocycles. The molecule has 2 aromatic rings. The second kappa shape index (κ2) is 8.02. The third-order valence-electron chi connectivity index (χ3n) is 5.40. The maximum atomic E-state index is 12.9. The summed E-state index contributed by atoms with van der Waals surface area (Å²) in [7, 11) is 0. The normalized spacial score (nSPS) is 16.9. The van der Waals surface area contributed by atoms with Gasteiger partial charge in [0.2, 0.25) is 0 Å². The topological polar surface area (TPSA) is 91.6 Å². The van der Waals surface area contributed by atoms with Crippen LogP contribution in [0.2, 0.25) is 0 Å². The van der Waals surface area contributed by atoms with Gasteiger partial charge in [-0.3, -0.25) is 14.4 Å². The number of nitrogens with zero attached hydrogens (tertiary/aromatic N) is 6. The highest BCUT2D eigenvalue weighted by molar-refractivity contribution is 6.35. The van der Waals surface area contributed by atoms with E-state index in [9.17, 15) is 14.4 Å². The van der Waals surface area contributed by atoms with Gasteiger partial charge in [0.1, 0.15) is 0 Å². The fraction of sp³-hybridized carbons (Fsp3) is 0.450. The predicted molar refractivity (Wildman–Crippen MR) is 104 cm³/mol. The molecule has 1 aromatic carbocycles. The Balaban J connectivity index is 1.39. The molecule has 2 fully saturated rings. The third kappa shape index (κ3) is 3.85. The van der Waals surface area contributed by atoms with E-state index < -0.39 is 11.8 Å². The minimum atomic E-state index is -0.467. The Labute approximate surface area is 168 Å². The first-order valence-electron chi connectivity index (χ1n) is 9.91. The number of hydrogen-bond acceptors (Lipinski definition) is 5. The fourth-order valence-electron chi connectivity index (χ4n) is 3.71. The van der Waals surface area contributed by atoms with Gasteiger partial charge in [0.05, 0.1) is 11.4 Å². The number of carbonyl (C=O) groups is 3. The summed E-state index contributed by atoms with van der Waals surface area (Å²) in [4.78, 5) is 43.9. The van der Waals surface area contributed by atoms with Crippen LogP contribution in [-0.2, 0) is 9.59 Å². The van der Waals surface area contributed by atoms with Gasteiger partial charge >= 0.3 is 11.8 Å². The molecule has 0 atom stereocenters. The summed E-state index contributed by atoms with van der Waals surface area (Å²) in [6.07, 6.45) is 1.90. The van der Waals surface area contributed by atoms with Crippen LogP contribution in [0.5, 0.6) is 0 Å². The lowest BCUT2D eigenvalue weighted by atomic mass is 10.2. The van der Waals surface area contributed by atoms with Crippen molar-refractivity contribution in [2.24, 2.45) is 0 Å². The lowest BCUT2D eigenvalue weighted by Gasteiger charge is -2.34. The van der Waals surface area contributed by atoms with E-state index in [1.807, 2.05) is 30.3 Å². The number of amides is 3. The summed E-state index contributed by atoms with van der Waals surface area (Å²) in [6, 6.07) is 9.41. The number of rotatable bonds is 2. The van der Waals surface area contributed by atoms with E-state index >= 15 is 0 Å². The minimum Gasteiger partial charge on any atom is -0.334 e. The fourth-order valence-corrected chi connectivity index (χ4v) is 3.71. The lowest BCUT2D eigenvalue weighted by Crippen LogP contribution is -2.54. The van der Waals surface area contributed by atoms with E-state index in [0.29, 0.717) is 50.7 Å². The smallest absolute Gasteiger partial charge is 0.312 e. The van der Waals surface area contributed by atoms with Crippen LogP contribution >= 0.6 is 0 Å². The quantitative estimate of drug-likeness (QED) is 0.689. The summed E-state index contributed by atoms with van der Waals surface area (Å²) >= 11 is 0. The van der Waals surface area contributed by atoms with Crippen molar-refractivity contribution in [3.05, 3.63) is 41.7 Å². The highest BCUT2D eigenvalue weighted by atomic mass is 16.2. The molecule has 0 unspecified atom stereocenters. The Hall–Kier alpha value is -3.23. The number of aromatic nitrogens is 3. The zero-order chi connectivity index (χ0) is 20.4. The predicted octanol–water partition coefficient (Wildman–Crippen LogP) is 0.483. The Morgan fingerprint density at radius 1 is 0.759 bits per heavy atom. The SMILES string of the molecule is Cc1nn(-c2ccccc2)nc1C(=O)N1CCN(C(=O)C(=O)N2CCCC2)CC1. The first kappa shape index (κ1) is 19.1. The Bertz CT molecular complexity index is 912. The molecule has 0 bridgehead atoms. The molecule has 0 N–H and O–H groups in total. The summed E-state index contributed by atoms with van der Waals surface area (Å²) in [5, 5.41) is 8.71. The number of piperazine rings is 1. The van der Waals surface area contributed by atoms with Crippen molar-refractivity contribution < 1.29 is 14.4 Å².